The zero-order valence-electron chi connectivity index (χ0n) is 11.8. The van der Waals surface area contributed by atoms with Gasteiger partial charge in [0.25, 0.3) is 5.56 Å². The van der Waals surface area contributed by atoms with Gasteiger partial charge in [-0.1, -0.05) is 17.7 Å². The molecule has 1 aliphatic rings. The van der Waals surface area contributed by atoms with Crippen molar-refractivity contribution in [1.29, 1.82) is 0 Å². The summed E-state index contributed by atoms with van der Waals surface area (Å²) in [5, 5.41) is 11.2. The van der Waals surface area contributed by atoms with Crippen molar-refractivity contribution in [2.24, 2.45) is 0 Å². The molecule has 1 N–H and O–H groups in total. The van der Waals surface area contributed by atoms with Gasteiger partial charge in [0.2, 0.25) is 0 Å². The van der Waals surface area contributed by atoms with Crippen LogP contribution < -0.4 is 10.3 Å². The average molecular weight is 306 g/mol. The lowest BCUT2D eigenvalue weighted by molar-refractivity contribution is -0.0642. The molecule has 0 bridgehead atoms. The predicted octanol–water partition coefficient (Wildman–Crippen LogP) is 2.62. The summed E-state index contributed by atoms with van der Waals surface area (Å²) < 4.78 is 7.37. The summed E-state index contributed by atoms with van der Waals surface area (Å²) in [6.07, 6.45) is 0.797. The Kier molecular flexibility index (Phi) is 3.30. The number of fused-ring (bicyclic) bond motifs is 1. The van der Waals surface area contributed by atoms with Crippen LogP contribution in [-0.4, -0.2) is 21.4 Å². The third-order valence-electron chi connectivity index (χ3n) is 3.83. The highest BCUT2D eigenvalue weighted by atomic mass is 35.5. The van der Waals surface area contributed by atoms with Gasteiger partial charge in [0.15, 0.2) is 0 Å². The fourth-order valence-electron chi connectivity index (χ4n) is 2.71. The molecule has 0 spiro atoms. The molecule has 0 radical (unpaired) electrons. The predicted molar refractivity (Wildman–Crippen MR) is 81.0 cm³/mol. The van der Waals surface area contributed by atoms with E-state index in [2.05, 4.69) is 0 Å². The summed E-state index contributed by atoms with van der Waals surface area (Å²) in [6, 6.07) is 9.62. The van der Waals surface area contributed by atoms with E-state index in [4.69, 9.17) is 16.3 Å². The van der Waals surface area contributed by atoms with Crippen molar-refractivity contribution in [3.8, 4) is 5.75 Å². The third-order valence-corrected chi connectivity index (χ3v) is 4.06. The Labute approximate surface area is 127 Å². The van der Waals surface area contributed by atoms with Crippen molar-refractivity contribution < 1.29 is 9.84 Å². The smallest absolute Gasteiger partial charge is 0.251 e. The largest absolute Gasteiger partial charge is 0.485 e. The summed E-state index contributed by atoms with van der Waals surface area (Å²) >= 11 is 6.06. The number of halogens is 1. The van der Waals surface area contributed by atoms with E-state index in [-0.39, 0.29) is 5.56 Å². The van der Waals surface area contributed by atoms with E-state index in [1.165, 1.54) is 10.6 Å². The lowest BCUT2D eigenvalue weighted by atomic mass is 9.86. The Bertz CT molecular complexity index is 738. The Hall–Kier alpha value is -1.78. The first kappa shape index (κ1) is 14.2. The molecule has 3 rings (SSSR count). The maximum atomic E-state index is 12.1. The van der Waals surface area contributed by atoms with E-state index in [0.29, 0.717) is 16.3 Å². The van der Waals surface area contributed by atoms with E-state index in [1.807, 2.05) is 0 Å². The molecular weight excluding hydrogens is 290 g/mol. The Morgan fingerprint density at radius 3 is 2.76 bits per heavy atom. The van der Waals surface area contributed by atoms with Crippen LogP contribution in [0.5, 0.6) is 5.75 Å². The number of aliphatic hydroxyl groups is 1. The van der Waals surface area contributed by atoms with Crippen molar-refractivity contribution in [1.82, 2.24) is 4.57 Å². The highest BCUT2D eigenvalue weighted by molar-refractivity contribution is 6.30. The molecule has 0 aliphatic carbocycles. The molecule has 1 aromatic heterocycles. The van der Waals surface area contributed by atoms with E-state index in [1.54, 1.807) is 50.4 Å². The lowest BCUT2D eigenvalue weighted by Gasteiger charge is -2.42. The first-order valence-corrected chi connectivity index (χ1v) is 7.11. The van der Waals surface area contributed by atoms with Crippen LogP contribution in [0, 0.1) is 0 Å². The maximum absolute atomic E-state index is 12.1. The van der Waals surface area contributed by atoms with Crippen molar-refractivity contribution in [3.05, 3.63) is 63.5 Å². The van der Waals surface area contributed by atoms with Crippen LogP contribution >= 0.6 is 11.6 Å². The molecule has 2 heterocycles. The van der Waals surface area contributed by atoms with E-state index in [0.717, 1.165) is 0 Å². The number of benzene rings is 1. The molecule has 0 saturated carbocycles. The second-order valence-electron chi connectivity index (χ2n) is 5.72. The van der Waals surface area contributed by atoms with Crippen molar-refractivity contribution >= 4 is 11.6 Å². The first-order valence-electron chi connectivity index (χ1n) is 6.74. The summed E-state index contributed by atoms with van der Waals surface area (Å²) in [6.45, 7) is 3.60. The van der Waals surface area contributed by atoms with Crippen LogP contribution in [0.4, 0.5) is 0 Å². The van der Waals surface area contributed by atoms with Gasteiger partial charge in [-0.2, -0.15) is 0 Å². The van der Waals surface area contributed by atoms with Gasteiger partial charge >= 0.3 is 0 Å². The number of pyridine rings is 1. The molecule has 4 nitrogen and oxygen atoms in total. The Morgan fingerprint density at radius 2 is 2.05 bits per heavy atom. The summed E-state index contributed by atoms with van der Waals surface area (Å²) in [4.78, 5) is 12.1. The molecule has 0 amide bonds. The second kappa shape index (κ2) is 4.90. The van der Waals surface area contributed by atoms with Crippen molar-refractivity contribution in [2.45, 2.75) is 31.6 Å². The van der Waals surface area contributed by atoms with Gasteiger partial charge in [-0.3, -0.25) is 4.79 Å². The topological polar surface area (TPSA) is 51.5 Å². The van der Waals surface area contributed by atoms with E-state index >= 15 is 0 Å². The summed E-state index contributed by atoms with van der Waals surface area (Å²) in [5.74, 6) is 0.635. The van der Waals surface area contributed by atoms with Gasteiger partial charge in [0.05, 0.1) is 6.04 Å². The Balaban J connectivity index is 2.25. The lowest BCUT2D eigenvalue weighted by Crippen LogP contribution is -2.52. The number of aliphatic hydroxyl groups excluding tert-OH is 1. The van der Waals surface area contributed by atoms with E-state index < -0.39 is 17.7 Å². The van der Waals surface area contributed by atoms with Gasteiger partial charge in [0, 0.05) is 22.8 Å². The van der Waals surface area contributed by atoms with Crippen LogP contribution in [0.15, 0.2) is 47.4 Å². The molecule has 110 valence electrons. The monoisotopic (exact) mass is 305 g/mol. The number of aromatic nitrogens is 1. The minimum atomic E-state index is -0.872. The molecule has 0 unspecified atom stereocenters. The molecule has 2 aromatic rings. The first-order chi connectivity index (χ1) is 9.90. The third kappa shape index (κ3) is 2.34. The SMILES string of the molecule is CC1(C)Oc2ccc(Cl)cc2[C@H](n2ccccc2=O)[C@H]1O. The van der Waals surface area contributed by atoms with Gasteiger partial charge in [-0.15, -0.1) is 0 Å². The minimum Gasteiger partial charge on any atom is -0.485 e. The summed E-state index contributed by atoms with van der Waals surface area (Å²) in [7, 11) is 0. The van der Waals surface area contributed by atoms with Crippen molar-refractivity contribution in [2.75, 3.05) is 0 Å². The number of rotatable bonds is 1. The number of hydrogen-bond donors (Lipinski definition) is 1. The number of hydrogen-bond acceptors (Lipinski definition) is 3. The fraction of sp³-hybridized carbons (Fsp3) is 0.312. The maximum Gasteiger partial charge on any atom is 0.251 e. The molecule has 1 aliphatic heterocycles. The minimum absolute atomic E-state index is 0.176. The van der Waals surface area contributed by atoms with Crippen LogP contribution in [0.1, 0.15) is 25.5 Å². The average Bonchev–Trinajstić information content (AvgIpc) is 2.42. The van der Waals surface area contributed by atoms with Crippen molar-refractivity contribution in [3.63, 3.8) is 0 Å². The van der Waals surface area contributed by atoms with Gasteiger partial charge in [-0.05, 0) is 38.1 Å². The second-order valence-corrected chi connectivity index (χ2v) is 6.16. The molecule has 21 heavy (non-hydrogen) atoms. The Morgan fingerprint density at radius 1 is 1.29 bits per heavy atom. The van der Waals surface area contributed by atoms with Crippen LogP contribution in [0.3, 0.4) is 0 Å². The standard InChI is InChI=1S/C16H16ClNO3/c1-16(2)15(20)14(18-8-4-3-5-13(18)19)11-9-10(17)6-7-12(11)21-16/h3-9,14-15,20H,1-2H3/t14-,15+/m0/s1. The van der Waals surface area contributed by atoms with Gasteiger partial charge in [0.1, 0.15) is 17.5 Å². The highest BCUT2D eigenvalue weighted by Gasteiger charge is 2.44. The van der Waals surface area contributed by atoms with Gasteiger partial charge in [-0.25, -0.2) is 0 Å². The molecule has 0 saturated heterocycles. The van der Waals surface area contributed by atoms with Crippen LogP contribution in [-0.2, 0) is 0 Å². The summed E-state index contributed by atoms with van der Waals surface area (Å²) in [5.41, 5.74) is -0.270. The number of nitrogens with zero attached hydrogens (tertiary/aromatic N) is 1. The van der Waals surface area contributed by atoms with Gasteiger partial charge < -0.3 is 14.4 Å². The number of ether oxygens (including phenoxy) is 1. The molecule has 1 aromatic carbocycles. The quantitative estimate of drug-likeness (QED) is 0.881. The van der Waals surface area contributed by atoms with Crippen LogP contribution in [0.25, 0.3) is 0 Å². The molecule has 5 heteroatoms. The zero-order chi connectivity index (χ0) is 15.2. The molecule has 2 atom stereocenters. The van der Waals surface area contributed by atoms with E-state index in [9.17, 15) is 9.90 Å². The molecule has 0 fully saturated rings. The normalized spacial score (nSPS) is 23.2. The highest BCUT2D eigenvalue weighted by Crippen LogP contribution is 2.42. The zero-order valence-corrected chi connectivity index (χ0v) is 12.5. The fourth-order valence-corrected chi connectivity index (χ4v) is 2.89. The molecular formula is C16H16ClNO3. The van der Waals surface area contributed by atoms with Crippen LogP contribution in [0.2, 0.25) is 5.02 Å².